The third-order valence-electron chi connectivity index (χ3n) is 3.39. The van der Waals surface area contributed by atoms with Crippen molar-refractivity contribution in [3.05, 3.63) is 65.7 Å². The van der Waals surface area contributed by atoms with Gasteiger partial charge in [0.2, 0.25) is 5.91 Å². The van der Waals surface area contributed by atoms with Crippen LogP contribution in [0.5, 0.6) is 0 Å². The number of carbonyl (C=O) groups is 2. The molecule has 2 rings (SSSR count). The lowest BCUT2D eigenvalue weighted by molar-refractivity contribution is -0.121. The van der Waals surface area contributed by atoms with Crippen LogP contribution in [0.1, 0.15) is 22.8 Å². The van der Waals surface area contributed by atoms with Gasteiger partial charge >= 0.3 is 5.97 Å². The van der Waals surface area contributed by atoms with E-state index in [1.165, 1.54) is 7.11 Å². The summed E-state index contributed by atoms with van der Waals surface area (Å²) in [7, 11) is 1.34. The summed E-state index contributed by atoms with van der Waals surface area (Å²) in [5.74, 6) is -0.476. The maximum Gasteiger partial charge on any atom is 0.337 e. The molecule has 0 bridgehead atoms. The van der Waals surface area contributed by atoms with Gasteiger partial charge < -0.3 is 15.4 Å². The molecule has 0 fully saturated rings. The number of rotatable bonds is 6. The fourth-order valence-corrected chi connectivity index (χ4v) is 2.07. The van der Waals surface area contributed by atoms with E-state index in [-0.39, 0.29) is 17.9 Å². The summed E-state index contributed by atoms with van der Waals surface area (Å²) in [5.41, 5.74) is 2.29. The summed E-state index contributed by atoms with van der Waals surface area (Å²) in [6.07, 6.45) is 0. The summed E-state index contributed by atoms with van der Waals surface area (Å²) in [4.78, 5) is 23.5. The van der Waals surface area contributed by atoms with Crippen LogP contribution in [-0.4, -0.2) is 25.0 Å². The molecular formula is C18H20N2O3. The molecule has 0 heterocycles. The number of carbonyl (C=O) groups excluding carboxylic acids is 2. The minimum atomic E-state index is -0.386. The summed E-state index contributed by atoms with van der Waals surface area (Å²) in [6, 6.07) is 16.1. The van der Waals surface area contributed by atoms with Crippen molar-refractivity contribution in [2.75, 3.05) is 12.4 Å². The highest BCUT2D eigenvalue weighted by Crippen LogP contribution is 2.11. The highest BCUT2D eigenvalue weighted by atomic mass is 16.5. The van der Waals surface area contributed by atoms with Gasteiger partial charge in [0, 0.05) is 12.2 Å². The van der Waals surface area contributed by atoms with E-state index in [1.807, 2.05) is 30.3 Å². The van der Waals surface area contributed by atoms with Crippen LogP contribution in [0.4, 0.5) is 5.69 Å². The second kappa shape index (κ2) is 7.98. The summed E-state index contributed by atoms with van der Waals surface area (Å²) in [5, 5.41) is 5.98. The number of hydrogen-bond donors (Lipinski definition) is 2. The zero-order valence-corrected chi connectivity index (χ0v) is 13.2. The number of ether oxygens (including phenoxy) is 1. The quantitative estimate of drug-likeness (QED) is 0.805. The molecule has 0 saturated heterocycles. The molecule has 0 radical (unpaired) electrons. The van der Waals surface area contributed by atoms with Crippen LogP contribution >= 0.6 is 0 Å². The maximum atomic E-state index is 12.1. The maximum absolute atomic E-state index is 12.1. The van der Waals surface area contributed by atoms with Gasteiger partial charge in [0.25, 0.3) is 0 Å². The number of benzene rings is 2. The number of esters is 1. The van der Waals surface area contributed by atoms with E-state index >= 15 is 0 Å². The van der Waals surface area contributed by atoms with Gasteiger partial charge in [-0.3, -0.25) is 4.79 Å². The van der Waals surface area contributed by atoms with E-state index in [1.54, 1.807) is 31.2 Å². The second-order valence-corrected chi connectivity index (χ2v) is 5.14. The molecule has 0 aliphatic heterocycles. The lowest BCUT2D eigenvalue weighted by Gasteiger charge is -2.15. The molecule has 2 aromatic carbocycles. The van der Waals surface area contributed by atoms with Crippen molar-refractivity contribution in [1.29, 1.82) is 0 Å². The van der Waals surface area contributed by atoms with E-state index in [2.05, 4.69) is 15.4 Å². The Morgan fingerprint density at radius 3 is 2.30 bits per heavy atom. The number of methoxy groups -OCH3 is 1. The molecule has 2 N–H and O–H groups in total. The third-order valence-corrected chi connectivity index (χ3v) is 3.39. The number of amides is 1. The highest BCUT2D eigenvalue weighted by Gasteiger charge is 2.12. The predicted octanol–water partition coefficient (Wildman–Crippen LogP) is 2.59. The van der Waals surface area contributed by atoms with Crippen LogP contribution in [0.2, 0.25) is 0 Å². The van der Waals surface area contributed by atoms with Gasteiger partial charge in [-0.15, -0.1) is 0 Å². The van der Waals surface area contributed by atoms with Crippen molar-refractivity contribution < 1.29 is 14.3 Å². The molecule has 0 saturated carbocycles. The average molecular weight is 312 g/mol. The van der Waals surface area contributed by atoms with Gasteiger partial charge in [0.15, 0.2) is 0 Å². The fourth-order valence-electron chi connectivity index (χ4n) is 2.07. The summed E-state index contributed by atoms with van der Waals surface area (Å²) >= 11 is 0. The van der Waals surface area contributed by atoms with Crippen molar-refractivity contribution in [2.45, 2.75) is 19.5 Å². The molecule has 23 heavy (non-hydrogen) atoms. The first kappa shape index (κ1) is 16.5. The Kier molecular flexibility index (Phi) is 5.74. The first-order valence-corrected chi connectivity index (χ1v) is 7.36. The van der Waals surface area contributed by atoms with E-state index in [9.17, 15) is 9.59 Å². The average Bonchev–Trinajstić information content (AvgIpc) is 2.60. The van der Waals surface area contributed by atoms with Crippen LogP contribution < -0.4 is 10.6 Å². The summed E-state index contributed by atoms with van der Waals surface area (Å²) < 4.78 is 4.65. The van der Waals surface area contributed by atoms with E-state index in [0.717, 1.165) is 11.3 Å². The van der Waals surface area contributed by atoms with Crippen LogP contribution in [0.25, 0.3) is 0 Å². The molecule has 5 heteroatoms. The van der Waals surface area contributed by atoms with Crippen molar-refractivity contribution in [3.8, 4) is 0 Å². The van der Waals surface area contributed by atoms with Gasteiger partial charge in [0.1, 0.15) is 6.04 Å². The van der Waals surface area contributed by atoms with Gasteiger partial charge in [-0.05, 0) is 36.8 Å². The Hall–Kier alpha value is -2.82. The molecule has 0 aliphatic rings. The van der Waals surface area contributed by atoms with Crippen LogP contribution in [0.3, 0.4) is 0 Å². The minimum Gasteiger partial charge on any atom is -0.465 e. The first-order valence-electron chi connectivity index (χ1n) is 7.36. The lowest BCUT2D eigenvalue weighted by Crippen LogP contribution is -2.37. The SMILES string of the molecule is COC(=O)c1ccc(N[C@@H](C)C(=O)NCc2ccccc2)cc1. The molecule has 1 atom stereocenters. The van der Waals surface area contributed by atoms with E-state index in [0.29, 0.717) is 12.1 Å². The Morgan fingerprint density at radius 2 is 1.70 bits per heavy atom. The van der Waals surface area contributed by atoms with Crippen LogP contribution in [0.15, 0.2) is 54.6 Å². The van der Waals surface area contributed by atoms with E-state index in [4.69, 9.17) is 0 Å². The Bertz CT molecular complexity index is 654. The fraction of sp³-hybridized carbons (Fsp3) is 0.222. The largest absolute Gasteiger partial charge is 0.465 e. The number of hydrogen-bond acceptors (Lipinski definition) is 4. The van der Waals surface area contributed by atoms with Gasteiger partial charge in [-0.2, -0.15) is 0 Å². The molecule has 0 unspecified atom stereocenters. The molecule has 0 aromatic heterocycles. The highest BCUT2D eigenvalue weighted by molar-refractivity contribution is 5.90. The zero-order chi connectivity index (χ0) is 16.7. The standard InChI is InChI=1S/C18H20N2O3/c1-13(17(21)19-12-14-6-4-3-5-7-14)20-16-10-8-15(9-11-16)18(22)23-2/h3-11,13,20H,12H2,1-2H3,(H,19,21)/t13-/m0/s1. The molecule has 120 valence electrons. The van der Waals surface area contributed by atoms with Crippen LogP contribution in [0, 0.1) is 0 Å². The van der Waals surface area contributed by atoms with Gasteiger partial charge in [0.05, 0.1) is 12.7 Å². The second-order valence-electron chi connectivity index (χ2n) is 5.14. The van der Waals surface area contributed by atoms with Gasteiger partial charge in [-0.25, -0.2) is 4.79 Å². The predicted molar refractivity (Wildman–Crippen MR) is 89.2 cm³/mol. The molecule has 2 aromatic rings. The molecule has 5 nitrogen and oxygen atoms in total. The Labute approximate surface area is 135 Å². The van der Waals surface area contributed by atoms with E-state index < -0.39 is 0 Å². The Morgan fingerprint density at radius 1 is 1.04 bits per heavy atom. The minimum absolute atomic E-state index is 0.0918. The third kappa shape index (κ3) is 4.85. The number of anilines is 1. The topological polar surface area (TPSA) is 67.4 Å². The molecule has 0 spiro atoms. The van der Waals surface area contributed by atoms with Crippen molar-refractivity contribution in [2.24, 2.45) is 0 Å². The molecule has 0 aliphatic carbocycles. The monoisotopic (exact) mass is 312 g/mol. The van der Waals surface area contributed by atoms with Gasteiger partial charge in [-0.1, -0.05) is 30.3 Å². The molecule has 1 amide bonds. The summed E-state index contributed by atoms with van der Waals surface area (Å²) in [6.45, 7) is 2.28. The van der Waals surface area contributed by atoms with Crippen molar-refractivity contribution in [3.63, 3.8) is 0 Å². The zero-order valence-electron chi connectivity index (χ0n) is 13.2. The van der Waals surface area contributed by atoms with Crippen molar-refractivity contribution >= 4 is 17.6 Å². The smallest absolute Gasteiger partial charge is 0.337 e. The molecular weight excluding hydrogens is 292 g/mol. The number of nitrogens with one attached hydrogen (secondary N) is 2. The van der Waals surface area contributed by atoms with Crippen LogP contribution in [-0.2, 0) is 16.1 Å². The first-order chi connectivity index (χ1) is 11.1. The lowest BCUT2D eigenvalue weighted by atomic mass is 10.2. The van der Waals surface area contributed by atoms with Crippen molar-refractivity contribution in [1.82, 2.24) is 5.32 Å². The normalized spacial score (nSPS) is 11.4. The Balaban J connectivity index is 1.86.